The quantitative estimate of drug-likeness (QED) is 0.627. The highest BCUT2D eigenvalue weighted by Gasteiger charge is 2.32. The van der Waals surface area contributed by atoms with Crippen molar-refractivity contribution in [3.8, 4) is 0 Å². The van der Waals surface area contributed by atoms with Crippen LogP contribution in [0.1, 0.15) is 57.9 Å². The number of hydrogen-bond acceptors (Lipinski definition) is 1. The van der Waals surface area contributed by atoms with Crippen molar-refractivity contribution in [3.05, 3.63) is 53.3 Å². The Morgan fingerprint density at radius 3 is 2.78 bits per heavy atom. The molecule has 122 valence electrons. The van der Waals surface area contributed by atoms with E-state index in [0.29, 0.717) is 12.0 Å². The van der Waals surface area contributed by atoms with E-state index in [1.54, 1.807) is 11.1 Å². The molecule has 0 radical (unpaired) electrons. The van der Waals surface area contributed by atoms with E-state index < -0.39 is 0 Å². The average molecular weight is 307 g/mol. The van der Waals surface area contributed by atoms with Crippen LogP contribution in [0.2, 0.25) is 0 Å². The van der Waals surface area contributed by atoms with Crippen LogP contribution in [-0.4, -0.2) is 6.04 Å². The molecule has 1 aromatic rings. The standard InChI is InChI=1S/C22H29N/c1-16-7-5-10-19(15-16)23-21-11-4-3-9-18(21)13-14-20-17(2)8-6-12-22(20)23/h3-4,6,9,11-12,16-17,19H,5,7-8,10,13-15H2,1-2H3. The van der Waals surface area contributed by atoms with Crippen LogP contribution >= 0.6 is 0 Å². The van der Waals surface area contributed by atoms with Gasteiger partial charge in [0.25, 0.3) is 0 Å². The highest BCUT2D eigenvalue weighted by atomic mass is 15.2. The molecule has 1 nitrogen and oxygen atoms in total. The molecule has 1 heterocycles. The lowest BCUT2D eigenvalue weighted by Gasteiger charge is -2.41. The Labute approximate surface area is 141 Å². The molecule has 1 saturated carbocycles. The van der Waals surface area contributed by atoms with Crippen molar-refractivity contribution in [2.75, 3.05) is 4.90 Å². The Balaban J connectivity index is 1.82. The number of para-hydroxylation sites is 1. The largest absolute Gasteiger partial charge is 0.338 e. The zero-order chi connectivity index (χ0) is 15.8. The first kappa shape index (κ1) is 15.1. The normalized spacial score (nSPS) is 30.7. The fourth-order valence-corrected chi connectivity index (χ4v) is 4.88. The molecule has 0 spiro atoms. The molecule has 1 aliphatic heterocycles. The SMILES string of the molecule is CC1CCCC(N2C3=C(CCc4ccccc42)C(C)CC=C3)C1. The second-order valence-corrected chi connectivity index (χ2v) is 7.87. The summed E-state index contributed by atoms with van der Waals surface area (Å²) in [4.78, 5) is 2.74. The van der Waals surface area contributed by atoms with Gasteiger partial charge in [-0.2, -0.15) is 0 Å². The van der Waals surface area contributed by atoms with Gasteiger partial charge < -0.3 is 4.90 Å². The number of aryl methyl sites for hydroxylation is 1. The molecule has 0 amide bonds. The predicted molar refractivity (Wildman–Crippen MR) is 98.6 cm³/mol. The Morgan fingerprint density at radius 1 is 1.04 bits per heavy atom. The summed E-state index contributed by atoms with van der Waals surface area (Å²) in [5.74, 6) is 1.56. The zero-order valence-electron chi connectivity index (χ0n) is 14.6. The maximum absolute atomic E-state index is 2.74. The van der Waals surface area contributed by atoms with Gasteiger partial charge in [0.15, 0.2) is 0 Å². The van der Waals surface area contributed by atoms with Gasteiger partial charge in [-0.05, 0) is 67.2 Å². The van der Waals surface area contributed by atoms with Crippen molar-refractivity contribution in [2.45, 2.75) is 64.8 Å². The lowest BCUT2D eigenvalue weighted by atomic mass is 9.84. The van der Waals surface area contributed by atoms with Crippen molar-refractivity contribution in [2.24, 2.45) is 11.8 Å². The third-order valence-electron chi connectivity index (χ3n) is 6.14. The summed E-state index contributed by atoms with van der Waals surface area (Å²) in [7, 11) is 0. The molecule has 3 aliphatic rings. The van der Waals surface area contributed by atoms with Gasteiger partial charge in [-0.15, -0.1) is 0 Å². The number of hydrogen-bond donors (Lipinski definition) is 0. The van der Waals surface area contributed by atoms with Gasteiger partial charge in [0.05, 0.1) is 0 Å². The van der Waals surface area contributed by atoms with Crippen molar-refractivity contribution < 1.29 is 0 Å². The van der Waals surface area contributed by atoms with Crippen molar-refractivity contribution >= 4 is 5.69 Å². The number of fused-ring (bicyclic) bond motifs is 1. The van der Waals surface area contributed by atoms with Crippen LogP contribution < -0.4 is 4.90 Å². The van der Waals surface area contributed by atoms with E-state index >= 15 is 0 Å². The minimum Gasteiger partial charge on any atom is -0.338 e. The predicted octanol–water partition coefficient (Wildman–Crippen LogP) is 5.87. The molecule has 0 bridgehead atoms. The second kappa shape index (κ2) is 6.19. The average Bonchev–Trinajstić information content (AvgIpc) is 2.72. The van der Waals surface area contributed by atoms with E-state index in [0.717, 1.165) is 5.92 Å². The molecule has 2 aliphatic carbocycles. The molecular weight excluding hydrogens is 278 g/mol. The lowest BCUT2D eigenvalue weighted by Crippen LogP contribution is -2.39. The Bertz CT molecular complexity index is 639. The highest BCUT2D eigenvalue weighted by Crippen LogP contribution is 2.42. The fraction of sp³-hybridized carbons (Fsp3) is 0.545. The first-order valence-corrected chi connectivity index (χ1v) is 9.50. The smallest absolute Gasteiger partial charge is 0.0446 e. The third kappa shape index (κ3) is 2.75. The summed E-state index contributed by atoms with van der Waals surface area (Å²) in [6.07, 6.45) is 13.9. The van der Waals surface area contributed by atoms with Gasteiger partial charge in [-0.1, -0.05) is 51.0 Å². The van der Waals surface area contributed by atoms with Crippen LogP contribution in [0.15, 0.2) is 47.7 Å². The van der Waals surface area contributed by atoms with Crippen LogP contribution in [0, 0.1) is 11.8 Å². The third-order valence-corrected chi connectivity index (χ3v) is 6.14. The second-order valence-electron chi connectivity index (χ2n) is 7.87. The minimum absolute atomic E-state index is 0.679. The first-order valence-electron chi connectivity index (χ1n) is 9.50. The molecule has 0 aromatic heterocycles. The summed E-state index contributed by atoms with van der Waals surface area (Å²) >= 11 is 0. The van der Waals surface area contributed by atoms with Crippen molar-refractivity contribution in [1.29, 1.82) is 0 Å². The number of benzene rings is 1. The number of anilines is 1. The molecule has 23 heavy (non-hydrogen) atoms. The number of allylic oxidation sites excluding steroid dienone is 3. The van der Waals surface area contributed by atoms with Gasteiger partial charge in [-0.25, -0.2) is 0 Å². The molecule has 0 saturated heterocycles. The molecule has 1 heteroatoms. The molecule has 3 unspecified atom stereocenters. The van der Waals surface area contributed by atoms with Crippen LogP contribution in [-0.2, 0) is 6.42 Å². The highest BCUT2D eigenvalue weighted by molar-refractivity contribution is 5.64. The topological polar surface area (TPSA) is 3.24 Å². The molecule has 3 atom stereocenters. The summed E-state index contributed by atoms with van der Waals surface area (Å²) in [6, 6.07) is 9.82. The maximum Gasteiger partial charge on any atom is 0.0446 e. The molecular formula is C22H29N. The van der Waals surface area contributed by atoms with Crippen molar-refractivity contribution in [1.82, 2.24) is 0 Å². The van der Waals surface area contributed by atoms with E-state index in [9.17, 15) is 0 Å². The van der Waals surface area contributed by atoms with E-state index in [1.165, 1.54) is 56.3 Å². The fourth-order valence-electron chi connectivity index (χ4n) is 4.88. The summed E-state index contributed by atoms with van der Waals surface area (Å²) in [5.41, 5.74) is 6.26. The summed E-state index contributed by atoms with van der Waals surface area (Å²) in [5, 5.41) is 0. The first-order chi connectivity index (χ1) is 11.2. The monoisotopic (exact) mass is 307 g/mol. The van der Waals surface area contributed by atoms with Crippen LogP contribution in [0.3, 0.4) is 0 Å². The number of nitrogens with zero attached hydrogens (tertiary/aromatic N) is 1. The van der Waals surface area contributed by atoms with Gasteiger partial charge >= 0.3 is 0 Å². The molecule has 1 fully saturated rings. The number of rotatable bonds is 1. The Kier molecular flexibility index (Phi) is 4.05. The van der Waals surface area contributed by atoms with Gasteiger partial charge in [0.2, 0.25) is 0 Å². The van der Waals surface area contributed by atoms with E-state index in [4.69, 9.17) is 0 Å². The summed E-state index contributed by atoms with van der Waals surface area (Å²) < 4.78 is 0. The van der Waals surface area contributed by atoms with Crippen molar-refractivity contribution in [3.63, 3.8) is 0 Å². The van der Waals surface area contributed by atoms with E-state index in [2.05, 4.69) is 55.2 Å². The maximum atomic E-state index is 2.74. The van der Waals surface area contributed by atoms with Crippen LogP contribution in [0.4, 0.5) is 5.69 Å². The molecule has 0 N–H and O–H groups in total. The Morgan fingerprint density at radius 2 is 1.91 bits per heavy atom. The zero-order valence-corrected chi connectivity index (χ0v) is 14.6. The van der Waals surface area contributed by atoms with Crippen LogP contribution in [0.25, 0.3) is 0 Å². The molecule has 4 rings (SSSR count). The Hall–Kier alpha value is -1.50. The van der Waals surface area contributed by atoms with E-state index in [-0.39, 0.29) is 0 Å². The van der Waals surface area contributed by atoms with E-state index in [1.807, 2.05) is 0 Å². The lowest BCUT2D eigenvalue weighted by molar-refractivity contribution is 0.337. The van der Waals surface area contributed by atoms with Gasteiger partial charge in [0, 0.05) is 17.4 Å². The molecule has 1 aromatic carbocycles. The van der Waals surface area contributed by atoms with Gasteiger partial charge in [-0.3, -0.25) is 0 Å². The van der Waals surface area contributed by atoms with Crippen LogP contribution in [0.5, 0.6) is 0 Å². The van der Waals surface area contributed by atoms with Gasteiger partial charge in [0.1, 0.15) is 0 Å². The minimum atomic E-state index is 0.679. The summed E-state index contributed by atoms with van der Waals surface area (Å²) in [6.45, 7) is 4.85.